The molecule has 92 valence electrons. The first-order chi connectivity index (χ1) is 7.80. The third-order valence-corrected chi connectivity index (χ3v) is 3.33. The lowest BCUT2D eigenvalue weighted by Gasteiger charge is -2.23. The van der Waals surface area contributed by atoms with E-state index in [0.29, 0.717) is 4.90 Å². The molecule has 0 spiro atoms. The molecular formula is C10H8F3NO2S. The Labute approximate surface area is 99.0 Å². The molecule has 3 nitrogen and oxygen atoms in total. The second kappa shape index (κ2) is 3.64. The number of hydrogen-bond acceptors (Lipinski definition) is 3. The van der Waals surface area contributed by atoms with Crippen LogP contribution in [0.1, 0.15) is 5.56 Å². The van der Waals surface area contributed by atoms with Crippen LogP contribution in [0.25, 0.3) is 0 Å². The lowest BCUT2D eigenvalue weighted by Crippen LogP contribution is -2.47. The minimum absolute atomic E-state index is 0.00155. The predicted molar refractivity (Wildman–Crippen MR) is 56.8 cm³/mol. The highest BCUT2D eigenvalue weighted by atomic mass is 32.2. The number of alkyl halides is 3. The van der Waals surface area contributed by atoms with Crippen LogP contribution in [-0.2, 0) is 10.4 Å². The molecule has 1 aromatic rings. The van der Waals surface area contributed by atoms with Crippen LogP contribution in [0.4, 0.5) is 18.9 Å². The monoisotopic (exact) mass is 263 g/mol. The van der Waals surface area contributed by atoms with E-state index in [4.69, 9.17) is 0 Å². The van der Waals surface area contributed by atoms with Gasteiger partial charge in [0.05, 0.1) is 0 Å². The van der Waals surface area contributed by atoms with Crippen LogP contribution in [-0.4, -0.2) is 23.4 Å². The van der Waals surface area contributed by atoms with Crippen molar-refractivity contribution in [3.8, 4) is 0 Å². The van der Waals surface area contributed by atoms with Gasteiger partial charge in [-0.05, 0) is 18.4 Å². The van der Waals surface area contributed by atoms with Gasteiger partial charge in [0.15, 0.2) is 0 Å². The molecule has 1 aromatic carbocycles. The Morgan fingerprint density at radius 3 is 2.59 bits per heavy atom. The average Bonchev–Trinajstić information content (AvgIpc) is 2.51. The van der Waals surface area contributed by atoms with E-state index in [0.717, 1.165) is 6.07 Å². The Morgan fingerprint density at radius 1 is 1.41 bits per heavy atom. The number of benzene rings is 1. The molecule has 17 heavy (non-hydrogen) atoms. The first-order valence-electron chi connectivity index (χ1n) is 4.60. The minimum atomic E-state index is -5.04. The van der Waals surface area contributed by atoms with Crippen molar-refractivity contribution in [3.05, 3.63) is 23.8 Å². The van der Waals surface area contributed by atoms with Gasteiger partial charge in [0.1, 0.15) is 0 Å². The van der Waals surface area contributed by atoms with Crippen LogP contribution >= 0.6 is 11.8 Å². The number of amides is 1. The van der Waals surface area contributed by atoms with Crippen molar-refractivity contribution < 1.29 is 23.1 Å². The molecule has 2 rings (SSSR count). The summed E-state index contributed by atoms with van der Waals surface area (Å²) < 4.78 is 38.2. The summed E-state index contributed by atoms with van der Waals surface area (Å²) in [4.78, 5) is 12.0. The standard InChI is InChI=1S/C10H8F3NO2S/c1-17-5-2-3-6-7(4-5)14-8(15)9(6,16)10(11,12)13/h2-4,16H,1H3,(H,14,15)/t9-/m1/s1. The number of thioether (sulfide) groups is 1. The van der Waals surface area contributed by atoms with Gasteiger partial charge in [0, 0.05) is 16.1 Å². The Balaban J connectivity index is 2.59. The second-order valence-corrected chi connectivity index (χ2v) is 4.45. The lowest BCUT2D eigenvalue weighted by atomic mass is 9.95. The van der Waals surface area contributed by atoms with E-state index in [1.54, 1.807) is 6.26 Å². The van der Waals surface area contributed by atoms with E-state index in [1.807, 2.05) is 5.32 Å². The summed E-state index contributed by atoms with van der Waals surface area (Å²) in [6.45, 7) is 0. The molecule has 0 saturated heterocycles. The number of aliphatic hydroxyl groups is 1. The molecule has 7 heteroatoms. The summed E-state index contributed by atoms with van der Waals surface area (Å²) in [5, 5.41) is 11.6. The largest absolute Gasteiger partial charge is 0.430 e. The molecule has 0 aromatic heterocycles. The van der Waals surface area contributed by atoms with Crippen molar-refractivity contribution in [3.63, 3.8) is 0 Å². The van der Waals surface area contributed by atoms with E-state index >= 15 is 0 Å². The second-order valence-electron chi connectivity index (χ2n) is 3.57. The Hall–Kier alpha value is -1.21. The fraction of sp³-hybridized carbons (Fsp3) is 0.300. The molecule has 1 atom stereocenters. The summed E-state index contributed by atoms with van der Waals surface area (Å²) in [5.41, 5.74) is -3.89. The summed E-state index contributed by atoms with van der Waals surface area (Å²) >= 11 is 1.33. The highest BCUT2D eigenvalue weighted by Crippen LogP contribution is 2.47. The summed E-state index contributed by atoms with van der Waals surface area (Å²) in [6.07, 6.45) is -3.28. The highest BCUT2D eigenvalue weighted by Gasteiger charge is 2.64. The van der Waals surface area contributed by atoms with Gasteiger partial charge < -0.3 is 10.4 Å². The van der Waals surface area contributed by atoms with Crippen LogP contribution in [0.5, 0.6) is 0 Å². The number of anilines is 1. The molecule has 2 N–H and O–H groups in total. The van der Waals surface area contributed by atoms with Crippen LogP contribution in [0.15, 0.2) is 23.1 Å². The number of carbonyl (C=O) groups excluding carboxylic acids is 1. The van der Waals surface area contributed by atoms with Gasteiger partial charge in [-0.25, -0.2) is 0 Å². The van der Waals surface area contributed by atoms with Gasteiger partial charge in [-0.1, -0.05) is 6.07 Å². The van der Waals surface area contributed by atoms with Gasteiger partial charge in [-0.3, -0.25) is 4.79 Å². The number of halogens is 3. The van der Waals surface area contributed by atoms with E-state index in [2.05, 4.69) is 0 Å². The van der Waals surface area contributed by atoms with Gasteiger partial charge in [-0.2, -0.15) is 13.2 Å². The molecule has 1 amide bonds. The zero-order valence-electron chi connectivity index (χ0n) is 8.63. The van der Waals surface area contributed by atoms with Crippen molar-refractivity contribution in [2.75, 3.05) is 11.6 Å². The molecule has 1 heterocycles. The molecule has 1 aliphatic heterocycles. The van der Waals surface area contributed by atoms with Crippen LogP contribution in [0.3, 0.4) is 0 Å². The number of nitrogens with one attached hydrogen (secondary N) is 1. The Kier molecular flexibility index (Phi) is 2.62. The van der Waals surface area contributed by atoms with Crippen LogP contribution in [0.2, 0.25) is 0 Å². The first kappa shape index (κ1) is 12.3. The molecule has 0 radical (unpaired) electrons. The fourth-order valence-electron chi connectivity index (χ4n) is 1.69. The molecule has 0 saturated carbocycles. The Bertz CT molecular complexity index is 489. The first-order valence-corrected chi connectivity index (χ1v) is 5.82. The molecular weight excluding hydrogens is 255 g/mol. The predicted octanol–water partition coefficient (Wildman–Crippen LogP) is 2.11. The van der Waals surface area contributed by atoms with E-state index in [1.165, 1.54) is 23.9 Å². The number of carbonyl (C=O) groups is 1. The molecule has 0 unspecified atom stereocenters. The third-order valence-electron chi connectivity index (χ3n) is 2.60. The normalized spacial score (nSPS) is 23.5. The maximum absolute atomic E-state index is 12.7. The Morgan fingerprint density at radius 2 is 2.06 bits per heavy atom. The zero-order valence-corrected chi connectivity index (χ0v) is 9.45. The molecule has 0 fully saturated rings. The molecule has 0 bridgehead atoms. The molecule has 0 aliphatic carbocycles. The smallest absolute Gasteiger partial charge is 0.368 e. The van der Waals surface area contributed by atoms with Gasteiger partial charge in [0.25, 0.3) is 11.5 Å². The number of fused-ring (bicyclic) bond motifs is 1. The summed E-state index contributed by atoms with van der Waals surface area (Å²) in [7, 11) is 0. The van der Waals surface area contributed by atoms with Crippen LogP contribution < -0.4 is 5.32 Å². The number of rotatable bonds is 1. The quantitative estimate of drug-likeness (QED) is 0.763. The van der Waals surface area contributed by atoms with Crippen molar-refractivity contribution in [1.29, 1.82) is 0 Å². The van der Waals surface area contributed by atoms with Gasteiger partial charge in [-0.15, -0.1) is 11.8 Å². The fourth-order valence-corrected chi connectivity index (χ4v) is 2.13. The van der Waals surface area contributed by atoms with Crippen molar-refractivity contribution in [2.24, 2.45) is 0 Å². The average molecular weight is 263 g/mol. The van der Waals surface area contributed by atoms with Crippen molar-refractivity contribution in [2.45, 2.75) is 16.7 Å². The van der Waals surface area contributed by atoms with E-state index in [-0.39, 0.29) is 5.69 Å². The summed E-state index contributed by atoms with van der Waals surface area (Å²) in [5.74, 6) is -1.46. The highest BCUT2D eigenvalue weighted by molar-refractivity contribution is 7.98. The van der Waals surface area contributed by atoms with Gasteiger partial charge >= 0.3 is 6.18 Å². The number of hydrogen-bond donors (Lipinski definition) is 2. The SMILES string of the molecule is CSc1ccc2c(c1)NC(=O)[C@@]2(O)C(F)(F)F. The van der Waals surface area contributed by atoms with Crippen molar-refractivity contribution >= 4 is 23.4 Å². The minimum Gasteiger partial charge on any atom is -0.368 e. The van der Waals surface area contributed by atoms with E-state index < -0.39 is 23.2 Å². The van der Waals surface area contributed by atoms with Crippen molar-refractivity contribution in [1.82, 2.24) is 0 Å². The van der Waals surface area contributed by atoms with Crippen LogP contribution in [0, 0.1) is 0 Å². The van der Waals surface area contributed by atoms with Gasteiger partial charge in [0.2, 0.25) is 0 Å². The maximum Gasteiger partial charge on any atom is 0.430 e. The lowest BCUT2D eigenvalue weighted by molar-refractivity contribution is -0.252. The maximum atomic E-state index is 12.7. The topological polar surface area (TPSA) is 49.3 Å². The third kappa shape index (κ3) is 1.61. The molecule has 1 aliphatic rings. The zero-order chi connectivity index (χ0) is 12.8. The van der Waals surface area contributed by atoms with E-state index in [9.17, 15) is 23.1 Å². The summed E-state index contributed by atoms with van der Waals surface area (Å²) in [6, 6.07) is 3.95.